The maximum atomic E-state index is 12.0. The van der Waals surface area contributed by atoms with Crippen LogP contribution in [0.15, 0.2) is 58.3 Å². The standard InChI is InChI=1S/C20H20ClN5O7S2/c1-12(27)11-22-19-24-18(21)25-20(26-19)23-15(14-7-3-5-9-17(14)35(31,32)33)10-13-6-2-4-8-16(13)34(28,29)30/h2-10,12,27H,11H2,1H3,(H,28,29,30)(H,31,32,33)(H2,22,23,24,25,26). The monoisotopic (exact) mass is 541 g/mol. The molecule has 35 heavy (non-hydrogen) atoms. The van der Waals surface area contributed by atoms with Gasteiger partial charge in [-0.15, -0.1) is 0 Å². The quantitative estimate of drug-likeness (QED) is 0.196. The molecule has 0 aliphatic rings. The molecule has 0 radical (unpaired) electrons. The van der Waals surface area contributed by atoms with E-state index in [4.69, 9.17) is 11.6 Å². The van der Waals surface area contributed by atoms with Crippen molar-refractivity contribution in [1.29, 1.82) is 0 Å². The summed E-state index contributed by atoms with van der Waals surface area (Å²) in [7, 11) is -9.34. The number of aliphatic hydroxyl groups excluding tert-OH is 1. The molecule has 15 heteroatoms. The Bertz CT molecular complexity index is 1480. The van der Waals surface area contributed by atoms with Crippen LogP contribution < -0.4 is 10.6 Å². The maximum Gasteiger partial charge on any atom is 0.295 e. The first-order valence-corrected chi connectivity index (χ1v) is 13.1. The highest BCUT2D eigenvalue weighted by Crippen LogP contribution is 2.28. The van der Waals surface area contributed by atoms with E-state index in [0.29, 0.717) is 0 Å². The normalized spacial score (nSPS) is 13.3. The number of aliphatic hydroxyl groups is 1. The summed E-state index contributed by atoms with van der Waals surface area (Å²) in [6.07, 6.45) is 0.504. The molecular formula is C20H20ClN5O7S2. The maximum absolute atomic E-state index is 12.0. The van der Waals surface area contributed by atoms with Gasteiger partial charge in [-0.2, -0.15) is 31.8 Å². The highest BCUT2D eigenvalue weighted by Gasteiger charge is 2.21. The minimum Gasteiger partial charge on any atom is -0.392 e. The summed E-state index contributed by atoms with van der Waals surface area (Å²) in [5, 5.41) is 14.7. The van der Waals surface area contributed by atoms with Crippen LogP contribution in [-0.2, 0) is 20.2 Å². The summed E-state index contributed by atoms with van der Waals surface area (Å²) in [5.41, 5.74) is -0.122. The zero-order valence-corrected chi connectivity index (χ0v) is 20.4. The Kier molecular flexibility index (Phi) is 8.04. The Labute approximate surface area is 206 Å². The summed E-state index contributed by atoms with van der Waals surface area (Å²) >= 11 is 5.97. The molecule has 0 saturated carbocycles. The van der Waals surface area contributed by atoms with Gasteiger partial charge < -0.3 is 15.7 Å². The number of rotatable bonds is 9. The summed E-state index contributed by atoms with van der Waals surface area (Å²) < 4.78 is 67.1. The number of nitrogens with one attached hydrogen (secondary N) is 2. The predicted molar refractivity (Wildman–Crippen MR) is 129 cm³/mol. The lowest BCUT2D eigenvalue weighted by Crippen LogP contribution is -2.18. The summed E-state index contributed by atoms with van der Waals surface area (Å²) in [6, 6.07) is 10.8. The fraction of sp³-hybridized carbons (Fsp3) is 0.150. The van der Waals surface area contributed by atoms with Crippen molar-refractivity contribution >= 4 is 55.5 Å². The van der Waals surface area contributed by atoms with Crippen LogP contribution in [0.25, 0.3) is 11.8 Å². The molecule has 0 aliphatic carbocycles. The first-order chi connectivity index (χ1) is 16.3. The third-order valence-corrected chi connectivity index (χ3v) is 6.37. The second-order valence-corrected chi connectivity index (χ2v) is 10.3. The van der Waals surface area contributed by atoms with Gasteiger partial charge in [-0.05, 0) is 42.3 Å². The van der Waals surface area contributed by atoms with Gasteiger partial charge in [0, 0.05) is 12.1 Å². The second kappa shape index (κ2) is 10.6. The van der Waals surface area contributed by atoms with E-state index in [0.717, 1.165) is 12.1 Å². The fourth-order valence-electron chi connectivity index (χ4n) is 2.93. The molecule has 0 saturated heterocycles. The average molecular weight is 542 g/mol. The summed E-state index contributed by atoms with van der Waals surface area (Å²) in [4.78, 5) is 11.0. The first kappa shape index (κ1) is 26.5. The van der Waals surface area contributed by atoms with E-state index in [1.54, 1.807) is 0 Å². The van der Waals surface area contributed by atoms with Crippen LogP contribution >= 0.6 is 11.6 Å². The lowest BCUT2D eigenvalue weighted by molar-refractivity contribution is 0.208. The highest BCUT2D eigenvalue weighted by atomic mass is 35.5. The Morgan fingerprint density at radius 1 is 0.943 bits per heavy atom. The molecule has 0 fully saturated rings. The van der Waals surface area contributed by atoms with E-state index in [2.05, 4.69) is 25.6 Å². The smallest absolute Gasteiger partial charge is 0.295 e. The number of aromatic nitrogens is 3. The third kappa shape index (κ3) is 7.17. The molecular weight excluding hydrogens is 522 g/mol. The molecule has 0 bridgehead atoms. The first-order valence-electron chi connectivity index (χ1n) is 9.80. The van der Waals surface area contributed by atoms with Crippen molar-refractivity contribution in [2.24, 2.45) is 0 Å². The van der Waals surface area contributed by atoms with Crippen molar-refractivity contribution in [2.75, 3.05) is 17.2 Å². The molecule has 1 unspecified atom stereocenters. The molecule has 3 rings (SSSR count). The van der Waals surface area contributed by atoms with Crippen LogP contribution in [0.4, 0.5) is 11.9 Å². The molecule has 1 heterocycles. The van der Waals surface area contributed by atoms with E-state index in [9.17, 15) is 31.0 Å². The van der Waals surface area contributed by atoms with E-state index >= 15 is 0 Å². The van der Waals surface area contributed by atoms with Crippen molar-refractivity contribution in [3.05, 3.63) is 64.9 Å². The number of hydrogen-bond acceptors (Lipinski definition) is 10. The topological polar surface area (TPSA) is 192 Å². The molecule has 1 aromatic heterocycles. The van der Waals surface area contributed by atoms with Crippen LogP contribution in [0.3, 0.4) is 0 Å². The average Bonchev–Trinajstić information content (AvgIpc) is 2.76. The minimum absolute atomic E-state index is 0.00440. The second-order valence-electron chi connectivity index (χ2n) is 7.15. The molecule has 186 valence electrons. The van der Waals surface area contributed by atoms with Gasteiger partial charge in [-0.25, -0.2) is 0 Å². The number of benzene rings is 2. The third-order valence-electron chi connectivity index (χ3n) is 4.36. The predicted octanol–water partition coefficient (Wildman–Crippen LogP) is 2.42. The largest absolute Gasteiger partial charge is 0.392 e. The fourth-order valence-corrected chi connectivity index (χ4v) is 4.47. The van der Waals surface area contributed by atoms with E-state index < -0.39 is 36.1 Å². The molecule has 0 spiro atoms. The molecule has 2 aromatic carbocycles. The number of halogens is 1. The van der Waals surface area contributed by atoms with Crippen LogP contribution in [0.2, 0.25) is 5.28 Å². The Morgan fingerprint density at radius 2 is 1.51 bits per heavy atom. The highest BCUT2D eigenvalue weighted by molar-refractivity contribution is 7.86. The van der Waals surface area contributed by atoms with Gasteiger partial charge in [0.25, 0.3) is 20.2 Å². The van der Waals surface area contributed by atoms with E-state index in [1.165, 1.54) is 49.4 Å². The Morgan fingerprint density at radius 3 is 2.14 bits per heavy atom. The Balaban J connectivity index is 2.20. The van der Waals surface area contributed by atoms with E-state index in [-0.39, 0.29) is 40.5 Å². The van der Waals surface area contributed by atoms with Gasteiger partial charge in [0.2, 0.25) is 17.2 Å². The molecule has 3 aromatic rings. The summed E-state index contributed by atoms with van der Waals surface area (Å²) in [5.74, 6) is -0.173. The van der Waals surface area contributed by atoms with Crippen molar-refractivity contribution in [3.63, 3.8) is 0 Å². The Hall–Kier alpha value is -3.14. The molecule has 12 nitrogen and oxygen atoms in total. The SMILES string of the molecule is CC(O)CNc1nc(Cl)nc(NC(=Cc2ccccc2S(=O)(=O)O)c2ccccc2S(=O)(=O)O)n1. The molecule has 5 N–H and O–H groups in total. The van der Waals surface area contributed by atoms with Crippen LogP contribution in [-0.4, -0.2) is 58.6 Å². The van der Waals surface area contributed by atoms with Gasteiger partial charge in [0.1, 0.15) is 9.79 Å². The zero-order valence-electron chi connectivity index (χ0n) is 18.0. The van der Waals surface area contributed by atoms with Crippen molar-refractivity contribution in [2.45, 2.75) is 22.8 Å². The zero-order chi connectivity index (χ0) is 25.8. The van der Waals surface area contributed by atoms with Crippen LogP contribution in [0.5, 0.6) is 0 Å². The lowest BCUT2D eigenvalue weighted by atomic mass is 10.1. The summed E-state index contributed by atoms with van der Waals surface area (Å²) in [6.45, 7) is 1.63. The lowest BCUT2D eigenvalue weighted by Gasteiger charge is -2.15. The molecule has 0 amide bonds. The number of nitrogens with zero attached hydrogens (tertiary/aromatic N) is 3. The van der Waals surface area contributed by atoms with Gasteiger partial charge in [-0.3, -0.25) is 9.11 Å². The number of anilines is 2. The van der Waals surface area contributed by atoms with Crippen LogP contribution in [0.1, 0.15) is 18.1 Å². The molecule has 1 atom stereocenters. The van der Waals surface area contributed by atoms with Crippen molar-refractivity contribution in [1.82, 2.24) is 15.0 Å². The molecule has 0 aliphatic heterocycles. The van der Waals surface area contributed by atoms with Gasteiger partial charge in [0.15, 0.2) is 0 Å². The van der Waals surface area contributed by atoms with Crippen LogP contribution in [0, 0.1) is 0 Å². The van der Waals surface area contributed by atoms with Gasteiger partial charge >= 0.3 is 0 Å². The minimum atomic E-state index is -4.70. The van der Waals surface area contributed by atoms with Crippen molar-refractivity contribution in [3.8, 4) is 0 Å². The van der Waals surface area contributed by atoms with Gasteiger partial charge in [0.05, 0.1) is 11.8 Å². The van der Waals surface area contributed by atoms with Gasteiger partial charge in [-0.1, -0.05) is 36.4 Å². The van der Waals surface area contributed by atoms with Crippen molar-refractivity contribution < 1.29 is 31.0 Å². The van der Waals surface area contributed by atoms with E-state index in [1.807, 2.05) is 0 Å². The number of hydrogen-bond donors (Lipinski definition) is 5.